The first-order chi connectivity index (χ1) is 16.8. The molecule has 0 saturated carbocycles. The fraction of sp³-hybridized carbons (Fsp3) is 0.360. The van der Waals surface area contributed by atoms with E-state index in [4.69, 9.17) is 24.5 Å². The lowest BCUT2D eigenvalue weighted by Gasteiger charge is -2.32. The van der Waals surface area contributed by atoms with Crippen molar-refractivity contribution in [2.45, 2.75) is 33.2 Å². The van der Waals surface area contributed by atoms with Gasteiger partial charge in [-0.1, -0.05) is 24.3 Å². The van der Waals surface area contributed by atoms with Crippen molar-refractivity contribution in [2.24, 2.45) is 5.92 Å². The number of imidazole rings is 1. The maximum atomic E-state index is 12.7. The number of aromatic nitrogens is 2. The third-order valence-corrected chi connectivity index (χ3v) is 5.80. The van der Waals surface area contributed by atoms with Crippen LogP contribution < -0.4 is 10.1 Å². The first-order valence-corrected chi connectivity index (χ1v) is 11.5. The van der Waals surface area contributed by atoms with Crippen LogP contribution in [0.3, 0.4) is 0 Å². The number of aliphatic carboxylic acids is 2. The van der Waals surface area contributed by atoms with Crippen LogP contribution in [0.25, 0.3) is 11.0 Å². The number of piperidine rings is 1. The molecule has 3 aromatic rings. The number of anilines is 1. The molecule has 10 nitrogen and oxygen atoms in total. The van der Waals surface area contributed by atoms with E-state index in [1.807, 2.05) is 42.2 Å². The van der Waals surface area contributed by atoms with Gasteiger partial charge in [-0.05, 0) is 56.9 Å². The number of likely N-dealkylation sites (tertiary alicyclic amines) is 1. The van der Waals surface area contributed by atoms with E-state index in [2.05, 4.69) is 40.0 Å². The molecule has 2 heterocycles. The third kappa shape index (κ3) is 6.72. The van der Waals surface area contributed by atoms with E-state index in [1.54, 1.807) is 0 Å². The van der Waals surface area contributed by atoms with Crippen LogP contribution in [0, 0.1) is 12.8 Å². The molecule has 2 aromatic carbocycles. The largest absolute Gasteiger partial charge is 0.492 e. The van der Waals surface area contributed by atoms with Crippen LogP contribution in [-0.4, -0.2) is 62.3 Å². The second-order valence-electron chi connectivity index (χ2n) is 8.16. The summed E-state index contributed by atoms with van der Waals surface area (Å²) in [5, 5.41) is 17.8. The van der Waals surface area contributed by atoms with Gasteiger partial charge >= 0.3 is 18.0 Å². The molecule has 2 amide bonds. The number of carboxylic acid groups (broad SMARTS) is 2. The molecular weight excluding hydrogens is 452 g/mol. The Hall–Kier alpha value is -4.08. The summed E-state index contributed by atoms with van der Waals surface area (Å²) in [6, 6.07) is 15.8. The second-order valence-corrected chi connectivity index (χ2v) is 8.16. The molecular formula is C25H30N4O6. The summed E-state index contributed by atoms with van der Waals surface area (Å²) in [5.41, 5.74) is 2.97. The maximum Gasteiger partial charge on any atom is 0.414 e. The van der Waals surface area contributed by atoms with Crippen molar-refractivity contribution in [3.8, 4) is 5.75 Å². The highest BCUT2D eigenvalue weighted by atomic mass is 16.5. The molecule has 0 atom stereocenters. The highest BCUT2D eigenvalue weighted by molar-refractivity contribution is 6.27. The summed E-state index contributed by atoms with van der Waals surface area (Å²) in [5.74, 6) is -1.34. The van der Waals surface area contributed by atoms with Crippen LogP contribution in [0.1, 0.15) is 25.6 Å². The smallest absolute Gasteiger partial charge is 0.414 e. The number of carbonyl (C=O) groups excluding carboxylic acids is 1. The van der Waals surface area contributed by atoms with E-state index in [1.165, 1.54) is 5.52 Å². The topological polar surface area (TPSA) is 134 Å². The minimum absolute atomic E-state index is 0.0557. The molecule has 1 aromatic heterocycles. The average Bonchev–Trinajstić information content (AvgIpc) is 3.16. The molecule has 1 fully saturated rings. The molecule has 35 heavy (non-hydrogen) atoms. The van der Waals surface area contributed by atoms with Crippen molar-refractivity contribution in [3.05, 3.63) is 54.4 Å². The number of carbonyl (C=O) groups is 3. The van der Waals surface area contributed by atoms with E-state index in [0.29, 0.717) is 18.3 Å². The number of rotatable bonds is 5. The Morgan fingerprint density at radius 3 is 2.31 bits per heavy atom. The summed E-state index contributed by atoms with van der Waals surface area (Å²) in [6.45, 7) is 7.06. The second kappa shape index (κ2) is 11.9. The van der Waals surface area contributed by atoms with Gasteiger partial charge in [0.05, 0.1) is 23.3 Å². The molecule has 0 radical (unpaired) electrons. The fourth-order valence-corrected chi connectivity index (χ4v) is 4.05. The summed E-state index contributed by atoms with van der Waals surface area (Å²) >= 11 is 0. The first-order valence-electron chi connectivity index (χ1n) is 11.5. The Bertz CT molecular complexity index is 1170. The van der Waals surface area contributed by atoms with E-state index in [-0.39, 0.29) is 6.03 Å². The van der Waals surface area contributed by atoms with Gasteiger partial charge < -0.3 is 29.7 Å². The van der Waals surface area contributed by atoms with Crippen LogP contribution >= 0.6 is 0 Å². The van der Waals surface area contributed by atoms with Crippen molar-refractivity contribution in [2.75, 3.05) is 25.0 Å². The lowest BCUT2D eigenvalue weighted by Crippen LogP contribution is -2.41. The molecule has 10 heteroatoms. The Kier molecular flexibility index (Phi) is 8.66. The van der Waals surface area contributed by atoms with Crippen molar-refractivity contribution in [1.29, 1.82) is 0 Å². The number of ether oxygens (including phenoxy) is 1. The summed E-state index contributed by atoms with van der Waals surface area (Å²) in [6.07, 6.45) is 1.99. The lowest BCUT2D eigenvalue weighted by atomic mass is 9.96. The van der Waals surface area contributed by atoms with Crippen LogP contribution in [0.4, 0.5) is 10.5 Å². The molecule has 1 aliphatic rings. The number of nitrogens with one attached hydrogen (secondary N) is 1. The minimum atomic E-state index is -1.82. The standard InChI is InChI=1S/C23H28N4O2.C2H2O4/c1-3-29-22-11-7-5-9-20(22)25-23(28)26-14-12-18(13-15-26)16-27-17(2)24-19-8-4-6-10-21(19)27;3-1(4)2(5)6/h4-11,18H,3,12-16H2,1-2H3,(H,25,28);(H,3,4)(H,5,6). The number of hydrogen-bond acceptors (Lipinski definition) is 5. The summed E-state index contributed by atoms with van der Waals surface area (Å²) < 4.78 is 7.92. The van der Waals surface area contributed by atoms with Crippen LogP contribution in [-0.2, 0) is 16.1 Å². The average molecular weight is 483 g/mol. The molecule has 0 unspecified atom stereocenters. The monoisotopic (exact) mass is 482 g/mol. The van der Waals surface area contributed by atoms with Crippen molar-refractivity contribution in [3.63, 3.8) is 0 Å². The molecule has 1 saturated heterocycles. The number of carboxylic acids is 2. The highest BCUT2D eigenvalue weighted by Crippen LogP contribution is 2.26. The predicted octanol–water partition coefficient (Wildman–Crippen LogP) is 3.84. The van der Waals surface area contributed by atoms with Gasteiger partial charge in [-0.15, -0.1) is 0 Å². The summed E-state index contributed by atoms with van der Waals surface area (Å²) in [7, 11) is 0. The number of amides is 2. The Morgan fingerprint density at radius 2 is 1.66 bits per heavy atom. The zero-order valence-corrected chi connectivity index (χ0v) is 19.8. The van der Waals surface area contributed by atoms with E-state index in [9.17, 15) is 4.79 Å². The molecule has 1 aliphatic heterocycles. The number of para-hydroxylation sites is 4. The molecule has 0 aliphatic carbocycles. The lowest BCUT2D eigenvalue weighted by molar-refractivity contribution is -0.159. The predicted molar refractivity (Wildman–Crippen MR) is 131 cm³/mol. The van der Waals surface area contributed by atoms with Gasteiger partial charge in [0.25, 0.3) is 0 Å². The fourth-order valence-electron chi connectivity index (χ4n) is 4.05. The molecule has 186 valence electrons. The number of fused-ring (bicyclic) bond motifs is 1. The first kappa shape index (κ1) is 25.5. The van der Waals surface area contributed by atoms with Crippen LogP contribution in [0.15, 0.2) is 48.5 Å². The summed E-state index contributed by atoms with van der Waals surface area (Å²) in [4.78, 5) is 37.5. The van der Waals surface area contributed by atoms with E-state index < -0.39 is 11.9 Å². The Labute approximate surface area is 203 Å². The number of urea groups is 1. The molecule has 0 spiro atoms. The minimum Gasteiger partial charge on any atom is -0.492 e. The number of nitrogens with zero attached hydrogens (tertiary/aromatic N) is 3. The number of benzene rings is 2. The molecule has 4 rings (SSSR count). The SMILES string of the molecule is CCOc1ccccc1NC(=O)N1CCC(Cn2c(C)nc3ccccc32)CC1.O=C(O)C(=O)O. The van der Waals surface area contributed by atoms with Gasteiger partial charge in [0, 0.05) is 19.6 Å². The van der Waals surface area contributed by atoms with Gasteiger partial charge in [-0.2, -0.15) is 0 Å². The quantitative estimate of drug-likeness (QED) is 0.470. The Balaban J connectivity index is 0.000000509. The zero-order chi connectivity index (χ0) is 25.4. The van der Waals surface area contributed by atoms with Gasteiger partial charge in [0.15, 0.2) is 0 Å². The maximum absolute atomic E-state index is 12.7. The van der Waals surface area contributed by atoms with Crippen LogP contribution in [0.2, 0.25) is 0 Å². The normalized spacial score (nSPS) is 13.6. The van der Waals surface area contributed by atoms with Crippen LogP contribution in [0.5, 0.6) is 5.75 Å². The molecule has 0 bridgehead atoms. The number of aryl methyl sites for hydroxylation is 1. The van der Waals surface area contributed by atoms with Gasteiger partial charge in [0.1, 0.15) is 11.6 Å². The van der Waals surface area contributed by atoms with Crippen molar-refractivity contribution < 1.29 is 29.3 Å². The van der Waals surface area contributed by atoms with Gasteiger partial charge in [-0.25, -0.2) is 19.4 Å². The van der Waals surface area contributed by atoms with Gasteiger partial charge in [0.2, 0.25) is 0 Å². The Morgan fingerprint density at radius 1 is 1.03 bits per heavy atom. The molecule has 3 N–H and O–H groups in total. The number of hydrogen-bond donors (Lipinski definition) is 3. The van der Waals surface area contributed by atoms with E-state index >= 15 is 0 Å². The van der Waals surface area contributed by atoms with Gasteiger partial charge in [-0.3, -0.25) is 0 Å². The zero-order valence-electron chi connectivity index (χ0n) is 19.8. The van der Waals surface area contributed by atoms with E-state index in [0.717, 1.165) is 49.5 Å². The van der Waals surface area contributed by atoms with Crippen molar-refractivity contribution in [1.82, 2.24) is 14.5 Å². The third-order valence-electron chi connectivity index (χ3n) is 5.80. The van der Waals surface area contributed by atoms with Crippen molar-refractivity contribution >= 4 is 34.7 Å². The highest BCUT2D eigenvalue weighted by Gasteiger charge is 2.24.